The molecule has 3 rings (SSSR count). The zero-order valence-electron chi connectivity index (χ0n) is 12.4. The Morgan fingerprint density at radius 1 is 1.19 bits per heavy atom. The summed E-state index contributed by atoms with van der Waals surface area (Å²) in [5.74, 6) is 0.972. The van der Waals surface area contributed by atoms with E-state index in [-0.39, 0.29) is 6.10 Å². The van der Waals surface area contributed by atoms with Crippen molar-refractivity contribution in [1.29, 1.82) is 0 Å². The van der Waals surface area contributed by atoms with E-state index in [4.69, 9.17) is 4.74 Å². The number of fused-ring (bicyclic) bond motifs is 1. The molecule has 2 nitrogen and oxygen atoms in total. The van der Waals surface area contributed by atoms with E-state index in [1.54, 1.807) is 0 Å². The van der Waals surface area contributed by atoms with E-state index in [0.717, 1.165) is 23.1 Å². The Kier molecular flexibility index (Phi) is 4.32. The fourth-order valence-electron chi connectivity index (χ4n) is 2.89. The van der Waals surface area contributed by atoms with Gasteiger partial charge in [-0.2, -0.15) is 0 Å². The normalized spacial score (nSPS) is 20.7. The molecule has 0 aromatic heterocycles. The molecule has 0 aliphatic carbocycles. The molecule has 1 aliphatic heterocycles. The molecular weight excluding hydrogens is 326 g/mol. The predicted octanol–water partition coefficient (Wildman–Crippen LogP) is 4.80. The summed E-state index contributed by atoms with van der Waals surface area (Å²) in [5, 5.41) is 3.41. The molecule has 3 heteroatoms. The third-order valence-electron chi connectivity index (χ3n) is 4.18. The van der Waals surface area contributed by atoms with E-state index in [1.807, 2.05) is 7.05 Å². The molecule has 0 radical (unpaired) electrons. The summed E-state index contributed by atoms with van der Waals surface area (Å²) in [6, 6.07) is 15.4. The minimum Gasteiger partial charge on any atom is -0.485 e. The number of ether oxygens (including phenoxy) is 1. The zero-order chi connectivity index (χ0) is 14.8. The van der Waals surface area contributed by atoms with E-state index < -0.39 is 0 Å². The zero-order valence-corrected chi connectivity index (χ0v) is 14.0. The molecule has 0 saturated carbocycles. The maximum Gasteiger partial charge on any atom is 0.126 e. The fraction of sp³-hybridized carbons (Fsp3) is 0.333. The quantitative estimate of drug-likeness (QED) is 0.862. The molecule has 2 unspecified atom stereocenters. The third-order valence-corrected chi connectivity index (χ3v) is 4.67. The summed E-state index contributed by atoms with van der Waals surface area (Å²) in [4.78, 5) is 0. The molecular formula is C18H20BrNO. The van der Waals surface area contributed by atoms with Crippen LogP contribution in [0.25, 0.3) is 0 Å². The van der Waals surface area contributed by atoms with Crippen LogP contribution in [0.2, 0.25) is 0 Å². The van der Waals surface area contributed by atoms with Gasteiger partial charge in [0.25, 0.3) is 0 Å². The van der Waals surface area contributed by atoms with Crippen LogP contribution in [0.5, 0.6) is 5.75 Å². The van der Waals surface area contributed by atoms with Crippen molar-refractivity contribution >= 4 is 15.9 Å². The fourth-order valence-corrected chi connectivity index (χ4v) is 3.23. The average Bonchev–Trinajstić information content (AvgIpc) is 2.53. The van der Waals surface area contributed by atoms with Gasteiger partial charge in [-0.05, 0) is 36.7 Å². The monoisotopic (exact) mass is 345 g/mol. The van der Waals surface area contributed by atoms with Gasteiger partial charge in [-0.1, -0.05) is 53.2 Å². The van der Waals surface area contributed by atoms with E-state index in [9.17, 15) is 0 Å². The highest BCUT2D eigenvalue weighted by molar-refractivity contribution is 9.10. The van der Waals surface area contributed by atoms with Crippen LogP contribution in [-0.2, 0) is 6.42 Å². The van der Waals surface area contributed by atoms with Gasteiger partial charge in [0.2, 0.25) is 0 Å². The van der Waals surface area contributed by atoms with E-state index >= 15 is 0 Å². The lowest BCUT2D eigenvalue weighted by molar-refractivity contribution is 0.154. The van der Waals surface area contributed by atoms with Crippen molar-refractivity contribution in [3.63, 3.8) is 0 Å². The summed E-state index contributed by atoms with van der Waals surface area (Å²) < 4.78 is 7.29. The van der Waals surface area contributed by atoms with Crippen LogP contribution in [0, 0.1) is 0 Å². The molecule has 21 heavy (non-hydrogen) atoms. The van der Waals surface area contributed by atoms with E-state index in [0.29, 0.717) is 6.04 Å². The van der Waals surface area contributed by atoms with Crippen LogP contribution in [0.3, 0.4) is 0 Å². The summed E-state index contributed by atoms with van der Waals surface area (Å²) in [6.45, 7) is 2.18. The Morgan fingerprint density at radius 2 is 1.95 bits per heavy atom. The molecule has 1 aliphatic rings. The lowest BCUT2D eigenvalue weighted by Crippen LogP contribution is -2.26. The van der Waals surface area contributed by atoms with Gasteiger partial charge in [-0.25, -0.2) is 0 Å². The first-order valence-corrected chi connectivity index (χ1v) is 8.22. The minimum absolute atomic E-state index is 0.107. The second-order valence-electron chi connectivity index (χ2n) is 5.46. The van der Waals surface area contributed by atoms with Gasteiger partial charge in [-0.15, -0.1) is 0 Å². The number of hydrogen-bond acceptors (Lipinski definition) is 2. The van der Waals surface area contributed by atoms with Gasteiger partial charge in [0.05, 0.1) is 0 Å². The van der Waals surface area contributed by atoms with E-state index in [1.165, 1.54) is 16.7 Å². The van der Waals surface area contributed by atoms with Crippen molar-refractivity contribution in [3.8, 4) is 5.75 Å². The Morgan fingerprint density at radius 3 is 2.62 bits per heavy atom. The van der Waals surface area contributed by atoms with Gasteiger partial charge in [0.15, 0.2) is 0 Å². The number of hydrogen-bond donors (Lipinski definition) is 1. The van der Waals surface area contributed by atoms with Gasteiger partial charge in [-0.3, -0.25) is 0 Å². The highest BCUT2D eigenvalue weighted by atomic mass is 79.9. The van der Waals surface area contributed by atoms with Gasteiger partial charge in [0.1, 0.15) is 11.9 Å². The molecule has 0 bridgehead atoms. The molecule has 110 valence electrons. The van der Waals surface area contributed by atoms with Crippen molar-refractivity contribution in [2.45, 2.75) is 31.9 Å². The lowest BCUT2D eigenvalue weighted by atomic mass is 9.92. The Hall–Kier alpha value is -1.32. The van der Waals surface area contributed by atoms with Crippen molar-refractivity contribution in [1.82, 2.24) is 5.32 Å². The Bertz CT molecular complexity index is 624. The standard InChI is InChI=1S/C18H20BrNO/c1-3-12-4-6-13(7-5-12)17-11-16(20-2)15-9-8-14(19)10-18(15)21-17/h4-10,16-17,20H,3,11H2,1-2H3. The molecule has 2 atom stereocenters. The second kappa shape index (κ2) is 6.20. The lowest BCUT2D eigenvalue weighted by Gasteiger charge is -2.32. The van der Waals surface area contributed by atoms with Crippen LogP contribution < -0.4 is 10.1 Å². The average molecular weight is 346 g/mol. The molecule has 0 saturated heterocycles. The molecule has 0 amide bonds. The van der Waals surface area contributed by atoms with Crippen molar-refractivity contribution in [2.24, 2.45) is 0 Å². The minimum atomic E-state index is 0.107. The Balaban J connectivity index is 1.91. The molecule has 0 spiro atoms. The largest absolute Gasteiger partial charge is 0.485 e. The van der Waals surface area contributed by atoms with Crippen molar-refractivity contribution in [3.05, 3.63) is 63.6 Å². The smallest absolute Gasteiger partial charge is 0.126 e. The number of rotatable bonds is 3. The van der Waals surface area contributed by atoms with Crippen LogP contribution in [0.4, 0.5) is 0 Å². The predicted molar refractivity (Wildman–Crippen MR) is 89.7 cm³/mol. The van der Waals surface area contributed by atoms with E-state index in [2.05, 4.69) is 70.6 Å². The van der Waals surface area contributed by atoms with Gasteiger partial charge in [0, 0.05) is 22.5 Å². The highest BCUT2D eigenvalue weighted by Crippen LogP contribution is 2.41. The van der Waals surface area contributed by atoms with Crippen molar-refractivity contribution in [2.75, 3.05) is 7.05 Å². The Labute approximate surface area is 134 Å². The van der Waals surface area contributed by atoms with Crippen LogP contribution >= 0.6 is 15.9 Å². The topological polar surface area (TPSA) is 21.3 Å². The van der Waals surface area contributed by atoms with Gasteiger partial charge >= 0.3 is 0 Å². The molecule has 2 aromatic carbocycles. The molecule has 2 aromatic rings. The van der Waals surface area contributed by atoms with Crippen LogP contribution in [0.1, 0.15) is 42.2 Å². The summed E-state index contributed by atoms with van der Waals surface area (Å²) in [5.41, 5.74) is 3.85. The number of aryl methyl sites for hydroxylation is 1. The first-order chi connectivity index (χ1) is 10.2. The summed E-state index contributed by atoms with van der Waals surface area (Å²) >= 11 is 3.53. The molecule has 1 heterocycles. The van der Waals surface area contributed by atoms with Crippen molar-refractivity contribution < 1.29 is 4.74 Å². The maximum absolute atomic E-state index is 6.23. The number of nitrogens with one attached hydrogen (secondary N) is 1. The maximum atomic E-state index is 6.23. The van der Waals surface area contributed by atoms with Gasteiger partial charge < -0.3 is 10.1 Å². The number of benzene rings is 2. The molecule has 1 N–H and O–H groups in total. The van der Waals surface area contributed by atoms with Crippen LogP contribution in [0.15, 0.2) is 46.9 Å². The third kappa shape index (κ3) is 2.99. The highest BCUT2D eigenvalue weighted by Gasteiger charge is 2.28. The summed E-state index contributed by atoms with van der Waals surface area (Å²) in [7, 11) is 2.01. The van der Waals surface area contributed by atoms with Crippen LogP contribution in [-0.4, -0.2) is 7.05 Å². The second-order valence-corrected chi connectivity index (χ2v) is 6.38. The SMILES string of the molecule is CCc1ccc(C2CC(NC)c3ccc(Br)cc3O2)cc1. The molecule has 0 fully saturated rings. The summed E-state index contributed by atoms with van der Waals surface area (Å²) in [6.07, 6.45) is 2.13. The first-order valence-electron chi connectivity index (χ1n) is 7.43. The first kappa shape index (κ1) is 14.6. The number of halogens is 1.